The molecule has 1 saturated heterocycles. The molecular formula is C17H21N5O3. The molecule has 1 atom stereocenters. The Hall–Kier alpha value is -2.71. The van der Waals surface area contributed by atoms with Crippen molar-refractivity contribution < 1.29 is 14.3 Å². The molecule has 1 unspecified atom stereocenters. The smallest absolute Gasteiger partial charge is 0.269 e. The largest absolute Gasteiger partial charge is 0.491 e. The van der Waals surface area contributed by atoms with Crippen molar-refractivity contribution >= 4 is 11.9 Å². The van der Waals surface area contributed by atoms with Gasteiger partial charge in [0.2, 0.25) is 5.95 Å². The van der Waals surface area contributed by atoms with Gasteiger partial charge in [0.15, 0.2) is 0 Å². The number of nitrogens with zero attached hydrogens (tertiary/aromatic N) is 2. The number of nitrogens with two attached hydrogens (primary N) is 2. The van der Waals surface area contributed by atoms with Gasteiger partial charge in [0.1, 0.15) is 12.4 Å². The first kappa shape index (κ1) is 17.1. The van der Waals surface area contributed by atoms with Crippen molar-refractivity contribution in [2.45, 2.75) is 25.9 Å². The van der Waals surface area contributed by atoms with Crippen LogP contribution in [0.4, 0.5) is 5.95 Å². The highest BCUT2D eigenvalue weighted by Crippen LogP contribution is 2.26. The van der Waals surface area contributed by atoms with Crippen LogP contribution in [0.15, 0.2) is 24.3 Å². The van der Waals surface area contributed by atoms with Gasteiger partial charge in [-0.25, -0.2) is 15.8 Å². The summed E-state index contributed by atoms with van der Waals surface area (Å²) in [5, 5.41) is 0. The molecule has 1 aliphatic heterocycles. The number of anilines is 1. The fourth-order valence-corrected chi connectivity index (χ4v) is 2.82. The predicted octanol–water partition coefficient (Wildman–Crippen LogP) is 1.20. The van der Waals surface area contributed by atoms with Crippen LogP contribution in [-0.4, -0.2) is 35.2 Å². The van der Waals surface area contributed by atoms with E-state index in [4.69, 9.17) is 21.1 Å². The Morgan fingerprint density at radius 3 is 2.76 bits per heavy atom. The summed E-state index contributed by atoms with van der Waals surface area (Å²) in [6.07, 6.45) is 2.26. The minimum atomic E-state index is -0.466. The molecule has 1 aromatic heterocycles. The minimum absolute atomic E-state index is 0.0970. The van der Waals surface area contributed by atoms with Crippen LogP contribution in [0.2, 0.25) is 0 Å². The fourth-order valence-electron chi connectivity index (χ4n) is 2.82. The van der Waals surface area contributed by atoms with Gasteiger partial charge in [0, 0.05) is 12.2 Å². The van der Waals surface area contributed by atoms with E-state index in [0.717, 1.165) is 30.8 Å². The van der Waals surface area contributed by atoms with E-state index < -0.39 is 5.91 Å². The van der Waals surface area contributed by atoms with Crippen LogP contribution >= 0.6 is 0 Å². The van der Waals surface area contributed by atoms with Gasteiger partial charge in [-0.15, -0.1) is 0 Å². The van der Waals surface area contributed by atoms with Gasteiger partial charge < -0.3 is 15.2 Å². The van der Waals surface area contributed by atoms with Crippen LogP contribution in [0.25, 0.3) is 11.3 Å². The van der Waals surface area contributed by atoms with Crippen molar-refractivity contribution in [3.05, 3.63) is 35.5 Å². The number of nitrogens with one attached hydrogen (secondary N) is 1. The second-order valence-corrected chi connectivity index (χ2v) is 5.83. The molecule has 1 fully saturated rings. The molecule has 132 valence electrons. The Bertz CT molecular complexity index is 758. The van der Waals surface area contributed by atoms with Gasteiger partial charge >= 0.3 is 0 Å². The van der Waals surface area contributed by atoms with E-state index in [-0.39, 0.29) is 12.1 Å². The first-order valence-corrected chi connectivity index (χ1v) is 8.08. The van der Waals surface area contributed by atoms with Crippen LogP contribution < -0.4 is 21.7 Å². The normalized spacial score (nSPS) is 16.6. The number of benzene rings is 1. The average Bonchev–Trinajstić information content (AvgIpc) is 3.13. The van der Waals surface area contributed by atoms with E-state index >= 15 is 0 Å². The number of carbonyl (C=O) groups is 1. The molecule has 25 heavy (non-hydrogen) atoms. The zero-order valence-corrected chi connectivity index (χ0v) is 14.0. The van der Waals surface area contributed by atoms with E-state index in [1.54, 1.807) is 6.92 Å². The summed E-state index contributed by atoms with van der Waals surface area (Å²) in [5.74, 6) is 5.62. The number of hydrogen-bond acceptors (Lipinski definition) is 7. The van der Waals surface area contributed by atoms with Gasteiger partial charge in [-0.05, 0) is 44.0 Å². The number of hydrogen-bond donors (Lipinski definition) is 3. The van der Waals surface area contributed by atoms with Gasteiger partial charge in [0.25, 0.3) is 5.91 Å². The molecule has 5 N–H and O–H groups in total. The highest BCUT2D eigenvalue weighted by atomic mass is 16.5. The molecule has 0 bridgehead atoms. The summed E-state index contributed by atoms with van der Waals surface area (Å²) < 4.78 is 11.3. The van der Waals surface area contributed by atoms with E-state index in [9.17, 15) is 4.79 Å². The lowest BCUT2D eigenvalue weighted by Gasteiger charge is -2.13. The lowest BCUT2D eigenvalue weighted by atomic mass is 10.0. The topological polar surface area (TPSA) is 125 Å². The quantitative estimate of drug-likeness (QED) is 0.423. The maximum atomic E-state index is 12.1. The molecule has 0 saturated carbocycles. The van der Waals surface area contributed by atoms with Crippen LogP contribution in [0.5, 0.6) is 5.75 Å². The second kappa shape index (κ2) is 7.45. The van der Waals surface area contributed by atoms with Crippen LogP contribution in [0.3, 0.4) is 0 Å². The minimum Gasteiger partial charge on any atom is -0.491 e. The molecule has 0 spiro atoms. The number of ether oxygens (including phenoxy) is 2. The van der Waals surface area contributed by atoms with Crippen molar-refractivity contribution in [3.8, 4) is 17.0 Å². The zero-order valence-electron chi connectivity index (χ0n) is 14.0. The summed E-state index contributed by atoms with van der Waals surface area (Å²) in [4.78, 5) is 20.3. The maximum Gasteiger partial charge on any atom is 0.269 e. The van der Waals surface area contributed by atoms with Crippen LogP contribution in [0, 0.1) is 6.92 Å². The van der Waals surface area contributed by atoms with Crippen molar-refractivity contribution in [2.24, 2.45) is 5.84 Å². The van der Waals surface area contributed by atoms with E-state index in [0.29, 0.717) is 23.6 Å². The lowest BCUT2D eigenvalue weighted by Crippen LogP contribution is -2.31. The van der Waals surface area contributed by atoms with E-state index in [2.05, 4.69) is 15.4 Å². The Labute approximate surface area is 145 Å². The Kier molecular flexibility index (Phi) is 5.11. The Morgan fingerprint density at radius 1 is 1.36 bits per heavy atom. The molecular weight excluding hydrogens is 322 g/mol. The first-order chi connectivity index (χ1) is 12.1. The summed E-state index contributed by atoms with van der Waals surface area (Å²) in [6.45, 7) is 3.01. The van der Waals surface area contributed by atoms with Crippen molar-refractivity contribution in [2.75, 3.05) is 18.9 Å². The molecule has 3 rings (SSSR count). The van der Waals surface area contributed by atoms with Gasteiger partial charge in [-0.2, -0.15) is 0 Å². The molecule has 2 aromatic rings. The number of amides is 1. The van der Waals surface area contributed by atoms with Crippen LogP contribution in [-0.2, 0) is 4.74 Å². The number of carbonyl (C=O) groups excluding carboxylic acids is 1. The Balaban J connectivity index is 1.83. The molecule has 0 radical (unpaired) electrons. The zero-order chi connectivity index (χ0) is 17.8. The fraction of sp³-hybridized carbons (Fsp3) is 0.353. The molecule has 1 amide bonds. The first-order valence-electron chi connectivity index (χ1n) is 8.08. The van der Waals surface area contributed by atoms with E-state index in [1.807, 2.05) is 24.3 Å². The molecule has 1 aliphatic rings. The predicted molar refractivity (Wildman–Crippen MR) is 92.7 cm³/mol. The average molecular weight is 343 g/mol. The number of rotatable bonds is 5. The summed E-state index contributed by atoms with van der Waals surface area (Å²) in [7, 11) is 0. The summed E-state index contributed by atoms with van der Waals surface area (Å²) >= 11 is 0. The number of aryl methyl sites for hydroxylation is 1. The van der Waals surface area contributed by atoms with Gasteiger partial charge in [-0.3, -0.25) is 10.2 Å². The SMILES string of the molecule is Cc1nc(N)nc(-c2ccc(OCC3CCCO3)cc2)c1C(=O)NN. The summed E-state index contributed by atoms with van der Waals surface area (Å²) in [6, 6.07) is 7.28. The third kappa shape index (κ3) is 3.86. The van der Waals surface area contributed by atoms with Crippen molar-refractivity contribution in [1.82, 2.24) is 15.4 Å². The maximum absolute atomic E-state index is 12.1. The number of nitrogen functional groups attached to an aromatic ring is 2. The lowest BCUT2D eigenvalue weighted by molar-refractivity contribution is 0.0679. The third-order valence-electron chi connectivity index (χ3n) is 4.05. The standard InChI is InChI=1S/C17H21N5O3/c1-10-14(16(23)22-19)15(21-17(18)20-10)11-4-6-12(7-5-11)25-9-13-3-2-8-24-13/h4-7,13H,2-3,8-9,19H2,1H3,(H,22,23)(H2,18,20,21). The monoisotopic (exact) mass is 343 g/mol. The van der Waals surface area contributed by atoms with Gasteiger partial charge in [-0.1, -0.05) is 0 Å². The van der Waals surface area contributed by atoms with Crippen molar-refractivity contribution in [1.29, 1.82) is 0 Å². The second-order valence-electron chi connectivity index (χ2n) is 5.83. The van der Waals surface area contributed by atoms with Crippen molar-refractivity contribution in [3.63, 3.8) is 0 Å². The molecule has 8 heteroatoms. The third-order valence-corrected chi connectivity index (χ3v) is 4.05. The highest BCUT2D eigenvalue weighted by molar-refractivity contribution is 6.00. The Morgan fingerprint density at radius 2 is 2.12 bits per heavy atom. The molecule has 0 aliphatic carbocycles. The van der Waals surface area contributed by atoms with Crippen LogP contribution in [0.1, 0.15) is 28.9 Å². The molecule has 8 nitrogen and oxygen atoms in total. The summed E-state index contributed by atoms with van der Waals surface area (Å²) in [5.41, 5.74) is 9.76. The highest BCUT2D eigenvalue weighted by Gasteiger charge is 2.19. The number of hydrazine groups is 1. The number of aromatic nitrogens is 2. The van der Waals surface area contributed by atoms with Gasteiger partial charge in [0.05, 0.1) is 23.1 Å². The molecule has 1 aromatic carbocycles. The van der Waals surface area contributed by atoms with E-state index in [1.165, 1.54) is 0 Å². The molecule has 2 heterocycles.